The van der Waals surface area contributed by atoms with Gasteiger partial charge in [0.2, 0.25) is 5.91 Å². The standard InChI is InChI=1S/C17H16BrClN2O3/c1-10-3-6-15(14(19)7-10)21-16(22)9-20-17(23)12-8-11(24-2)4-5-13(12)18/h3-8H,9H2,1-2H3,(H,20,23)(H,21,22). The van der Waals surface area contributed by atoms with E-state index in [1.54, 1.807) is 30.3 Å². The zero-order valence-corrected chi connectivity index (χ0v) is 15.5. The van der Waals surface area contributed by atoms with Gasteiger partial charge in [-0.15, -0.1) is 0 Å². The van der Waals surface area contributed by atoms with Crippen LogP contribution in [0.1, 0.15) is 15.9 Å². The smallest absolute Gasteiger partial charge is 0.252 e. The summed E-state index contributed by atoms with van der Waals surface area (Å²) >= 11 is 9.37. The maximum absolute atomic E-state index is 12.2. The van der Waals surface area contributed by atoms with E-state index in [1.807, 2.05) is 13.0 Å². The van der Waals surface area contributed by atoms with Crippen molar-refractivity contribution in [1.29, 1.82) is 0 Å². The monoisotopic (exact) mass is 410 g/mol. The molecule has 126 valence electrons. The molecule has 2 aromatic carbocycles. The normalized spacial score (nSPS) is 10.2. The summed E-state index contributed by atoms with van der Waals surface area (Å²) in [7, 11) is 1.52. The van der Waals surface area contributed by atoms with Gasteiger partial charge in [0.15, 0.2) is 0 Å². The van der Waals surface area contributed by atoms with Gasteiger partial charge in [-0.25, -0.2) is 0 Å². The fraction of sp³-hybridized carbons (Fsp3) is 0.176. The van der Waals surface area contributed by atoms with Gasteiger partial charge < -0.3 is 15.4 Å². The average Bonchev–Trinajstić information content (AvgIpc) is 2.55. The van der Waals surface area contributed by atoms with Crippen molar-refractivity contribution in [2.45, 2.75) is 6.92 Å². The molecule has 2 aromatic rings. The molecule has 2 rings (SSSR count). The number of carbonyl (C=O) groups is 2. The Morgan fingerprint density at radius 3 is 2.62 bits per heavy atom. The Hall–Kier alpha value is -2.05. The first-order valence-corrected chi connectivity index (χ1v) is 8.25. The zero-order chi connectivity index (χ0) is 17.7. The van der Waals surface area contributed by atoms with Gasteiger partial charge in [-0.2, -0.15) is 0 Å². The van der Waals surface area contributed by atoms with Crippen molar-refractivity contribution in [3.05, 3.63) is 57.0 Å². The van der Waals surface area contributed by atoms with Crippen molar-refractivity contribution in [3.8, 4) is 5.75 Å². The van der Waals surface area contributed by atoms with Crippen LogP contribution < -0.4 is 15.4 Å². The van der Waals surface area contributed by atoms with E-state index in [4.69, 9.17) is 16.3 Å². The minimum absolute atomic E-state index is 0.174. The van der Waals surface area contributed by atoms with Gasteiger partial charge >= 0.3 is 0 Å². The van der Waals surface area contributed by atoms with E-state index >= 15 is 0 Å². The number of anilines is 1. The molecule has 0 atom stereocenters. The first kappa shape index (κ1) is 18.3. The van der Waals surface area contributed by atoms with Crippen molar-refractivity contribution in [2.75, 3.05) is 19.0 Å². The third kappa shape index (κ3) is 4.72. The van der Waals surface area contributed by atoms with Crippen molar-refractivity contribution in [3.63, 3.8) is 0 Å². The van der Waals surface area contributed by atoms with Gasteiger partial charge in [-0.1, -0.05) is 17.7 Å². The molecule has 0 bridgehead atoms. The number of rotatable bonds is 5. The maximum Gasteiger partial charge on any atom is 0.252 e. The predicted molar refractivity (Wildman–Crippen MR) is 97.8 cm³/mol. The summed E-state index contributed by atoms with van der Waals surface area (Å²) in [6.45, 7) is 1.73. The maximum atomic E-state index is 12.2. The first-order valence-electron chi connectivity index (χ1n) is 7.08. The molecular weight excluding hydrogens is 396 g/mol. The topological polar surface area (TPSA) is 67.4 Å². The van der Waals surface area contributed by atoms with Crippen molar-refractivity contribution < 1.29 is 14.3 Å². The summed E-state index contributed by atoms with van der Waals surface area (Å²) in [6.07, 6.45) is 0. The Morgan fingerprint density at radius 1 is 1.21 bits per heavy atom. The Labute approximate surface area is 153 Å². The molecule has 0 aliphatic carbocycles. The van der Waals surface area contributed by atoms with Gasteiger partial charge in [-0.05, 0) is 58.7 Å². The molecular formula is C17H16BrClN2O3. The lowest BCUT2D eigenvalue weighted by atomic mass is 10.2. The molecule has 0 saturated heterocycles. The third-order valence-corrected chi connectivity index (χ3v) is 4.23. The van der Waals surface area contributed by atoms with Crippen LogP contribution in [-0.4, -0.2) is 25.5 Å². The first-order chi connectivity index (χ1) is 11.4. The lowest BCUT2D eigenvalue weighted by Gasteiger charge is -2.10. The number of carbonyl (C=O) groups excluding carboxylic acids is 2. The van der Waals surface area contributed by atoms with Crippen molar-refractivity contribution in [2.24, 2.45) is 0 Å². The van der Waals surface area contributed by atoms with E-state index in [0.717, 1.165) is 5.56 Å². The second kappa shape index (κ2) is 8.17. The highest BCUT2D eigenvalue weighted by Gasteiger charge is 2.13. The largest absolute Gasteiger partial charge is 0.497 e. The van der Waals surface area contributed by atoms with Crippen LogP contribution in [0, 0.1) is 6.92 Å². The summed E-state index contributed by atoms with van der Waals surface area (Å²) in [5.74, 6) is -0.196. The van der Waals surface area contributed by atoms with Gasteiger partial charge in [0.05, 0.1) is 29.9 Å². The SMILES string of the molecule is COc1ccc(Br)c(C(=O)NCC(=O)Nc2ccc(C)cc2Cl)c1. The van der Waals surface area contributed by atoms with Crippen LogP contribution in [0.15, 0.2) is 40.9 Å². The number of methoxy groups -OCH3 is 1. The number of halogens is 2. The Morgan fingerprint density at radius 2 is 1.96 bits per heavy atom. The minimum Gasteiger partial charge on any atom is -0.497 e. The Balaban J connectivity index is 1.97. The highest BCUT2D eigenvalue weighted by molar-refractivity contribution is 9.10. The van der Waals surface area contributed by atoms with E-state index in [1.165, 1.54) is 7.11 Å². The Bertz CT molecular complexity index is 780. The number of ether oxygens (including phenoxy) is 1. The number of aryl methyl sites for hydroxylation is 1. The second-order valence-electron chi connectivity index (χ2n) is 5.06. The highest BCUT2D eigenvalue weighted by Crippen LogP contribution is 2.23. The zero-order valence-electron chi connectivity index (χ0n) is 13.2. The van der Waals surface area contributed by atoms with Crippen LogP contribution in [0.3, 0.4) is 0 Å². The summed E-state index contributed by atoms with van der Waals surface area (Å²) in [6, 6.07) is 10.3. The molecule has 2 amide bonds. The van der Waals surface area contributed by atoms with E-state index in [-0.39, 0.29) is 18.4 Å². The predicted octanol–water partition coefficient (Wildman–Crippen LogP) is 3.79. The van der Waals surface area contributed by atoms with Crippen LogP contribution in [0.2, 0.25) is 5.02 Å². The molecule has 0 heterocycles. The van der Waals surface area contributed by atoms with Crippen molar-refractivity contribution >= 4 is 45.0 Å². The molecule has 0 saturated carbocycles. The molecule has 7 heteroatoms. The molecule has 0 aromatic heterocycles. The third-order valence-electron chi connectivity index (χ3n) is 3.23. The fourth-order valence-corrected chi connectivity index (χ4v) is 2.69. The van der Waals surface area contributed by atoms with Crippen LogP contribution in [0.4, 0.5) is 5.69 Å². The van der Waals surface area contributed by atoms with Gasteiger partial charge in [0, 0.05) is 4.47 Å². The van der Waals surface area contributed by atoms with Crippen LogP contribution in [0.25, 0.3) is 0 Å². The molecule has 0 spiro atoms. The number of hydrogen-bond acceptors (Lipinski definition) is 3. The summed E-state index contributed by atoms with van der Waals surface area (Å²) < 4.78 is 5.71. The number of benzene rings is 2. The second-order valence-corrected chi connectivity index (χ2v) is 6.32. The average molecular weight is 412 g/mol. The van der Waals surface area contributed by atoms with Crippen LogP contribution in [-0.2, 0) is 4.79 Å². The number of hydrogen-bond donors (Lipinski definition) is 2. The van der Waals surface area contributed by atoms with E-state index in [0.29, 0.717) is 26.5 Å². The van der Waals surface area contributed by atoms with Gasteiger partial charge in [0.1, 0.15) is 5.75 Å². The summed E-state index contributed by atoms with van der Waals surface area (Å²) in [5, 5.41) is 5.67. The molecule has 5 nitrogen and oxygen atoms in total. The fourth-order valence-electron chi connectivity index (χ4n) is 1.98. The number of amides is 2. The van der Waals surface area contributed by atoms with Gasteiger partial charge in [-0.3, -0.25) is 9.59 Å². The quantitative estimate of drug-likeness (QED) is 0.786. The number of nitrogens with one attached hydrogen (secondary N) is 2. The molecule has 0 unspecified atom stereocenters. The van der Waals surface area contributed by atoms with E-state index < -0.39 is 0 Å². The van der Waals surface area contributed by atoms with Crippen molar-refractivity contribution in [1.82, 2.24) is 5.32 Å². The van der Waals surface area contributed by atoms with Crippen LogP contribution >= 0.6 is 27.5 Å². The lowest BCUT2D eigenvalue weighted by molar-refractivity contribution is -0.115. The van der Waals surface area contributed by atoms with Crippen LogP contribution in [0.5, 0.6) is 5.75 Å². The lowest BCUT2D eigenvalue weighted by Crippen LogP contribution is -2.33. The molecule has 2 N–H and O–H groups in total. The summed E-state index contributed by atoms with van der Waals surface area (Å²) in [4.78, 5) is 24.2. The molecule has 0 radical (unpaired) electrons. The van der Waals surface area contributed by atoms with Gasteiger partial charge in [0.25, 0.3) is 5.91 Å². The minimum atomic E-state index is -0.383. The Kier molecular flexibility index (Phi) is 6.23. The highest BCUT2D eigenvalue weighted by atomic mass is 79.9. The molecule has 0 fully saturated rings. The van der Waals surface area contributed by atoms with E-state index in [9.17, 15) is 9.59 Å². The molecule has 0 aliphatic rings. The molecule has 0 aliphatic heterocycles. The summed E-state index contributed by atoms with van der Waals surface area (Å²) in [5.41, 5.74) is 1.88. The molecule has 24 heavy (non-hydrogen) atoms. The van der Waals surface area contributed by atoms with E-state index in [2.05, 4.69) is 26.6 Å².